The van der Waals surface area contributed by atoms with Gasteiger partial charge in [0, 0.05) is 11.1 Å². The van der Waals surface area contributed by atoms with E-state index in [2.05, 4.69) is 4.74 Å². The molecule has 0 bridgehead atoms. The van der Waals surface area contributed by atoms with Gasteiger partial charge in [-0.3, -0.25) is 0 Å². The van der Waals surface area contributed by atoms with Gasteiger partial charge >= 0.3 is 5.97 Å². The van der Waals surface area contributed by atoms with Crippen molar-refractivity contribution in [1.29, 1.82) is 0 Å². The van der Waals surface area contributed by atoms with Crippen molar-refractivity contribution in [2.75, 3.05) is 13.7 Å². The first kappa shape index (κ1) is 14.9. The second kappa shape index (κ2) is 7.29. The van der Waals surface area contributed by atoms with Gasteiger partial charge < -0.3 is 9.47 Å². The Morgan fingerprint density at radius 3 is 2.43 bits per heavy atom. The topological polar surface area (TPSA) is 35.5 Å². The molecule has 2 aromatic rings. The van der Waals surface area contributed by atoms with Gasteiger partial charge in [0.25, 0.3) is 0 Å². The van der Waals surface area contributed by atoms with Gasteiger partial charge in [-0.2, -0.15) is 0 Å². The molecule has 0 aromatic heterocycles. The van der Waals surface area contributed by atoms with Crippen molar-refractivity contribution in [2.24, 2.45) is 0 Å². The first-order valence-corrected chi connectivity index (χ1v) is 6.74. The maximum Gasteiger partial charge on any atom is 0.333 e. The van der Waals surface area contributed by atoms with E-state index in [4.69, 9.17) is 4.74 Å². The minimum Gasteiger partial charge on any atom is -0.489 e. The summed E-state index contributed by atoms with van der Waals surface area (Å²) >= 11 is 0. The Morgan fingerprint density at radius 2 is 1.71 bits per heavy atom. The van der Waals surface area contributed by atoms with Crippen LogP contribution < -0.4 is 4.74 Å². The molecule has 0 N–H and O–H groups in total. The standard InChI is InChI=1S/C18H18O3/c1-14(18(19)20-2)12-13-21-17-11-7-6-10-16(17)15-8-4-3-5-9-15/h3-12H,13H2,1-2H3. The van der Waals surface area contributed by atoms with E-state index >= 15 is 0 Å². The largest absolute Gasteiger partial charge is 0.489 e. The predicted octanol–water partition coefficient (Wildman–Crippen LogP) is 3.85. The molecule has 0 aliphatic rings. The zero-order valence-corrected chi connectivity index (χ0v) is 12.2. The van der Waals surface area contributed by atoms with Gasteiger partial charge in [-0.05, 0) is 24.6 Å². The Morgan fingerprint density at radius 1 is 1.05 bits per heavy atom. The van der Waals surface area contributed by atoms with E-state index in [0.717, 1.165) is 16.9 Å². The molecule has 2 aromatic carbocycles. The van der Waals surface area contributed by atoms with Crippen LogP contribution in [-0.4, -0.2) is 19.7 Å². The Kier molecular flexibility index (Phi) is 5.16. The van der Waals surface area contributed by atoms with E-state index in [1.807, 2.05) is 54.6 Å². The Hall–Kier alpha value is -2.55. The van der Waals surface area contributed by atoms with Gasteiger partial charge in [-0.1, -0.05) is 48.5 Å². The number of methoxy groups -OCH3 is 1. The summed E-state index contributed by atoms with van der Waals surface area (Å²) in [6, 6.07) is 17.9. The first-order valence-electron chi connectivity index (χ1n) is 6.74. The minimum absolute atomic E-state index is 0.324. The van der Waals surface area contributed by atoms with Gasteiger partial charge in [0.1, 0.15) is 12.4 Å². The summed E-state index contributed by atoms with van der Waals surface area (Å²) in [6.07, 6.45) is 1.72. The molecular formula is C18H18O3. The average Bonchev–Trinajstić information content (AvgIpc) is 2.55. The number of hydrogen-bond donors (Lipinski definition) is 0. The summed E-state index contributed by atoms with van der Waals surface area (Å²) in [6.45, 7) is 2.03. The highest BCUT2D eigenvalue weighted by Crippen LogP contribution is 2.29. The van der Waals surface area contributed by atoms with E-state index < -0.39 is 0 Å². The molecule has 0 radical (unpaired) electrons. The molecule has 3 nitrogen and oxygen atoms in total. The van der Waals surface area contributed by atoms with Crippen molar-refractivity contribution in [2.45, 2.75) is 6.92 Å². The minimum atomic E-state index is -0.338. The monoisotopic (exact) mass is 282 g/mol. The van der Waals surface area contributed by atoms with Crippen LogP contribution in [0.5, 0.6) is 5.75 Å². The third-order valence-corrected chi connectivity index (χ3v) is 3.11. The molecule has 0 aliphatic heterocycles. The fourth-order valence-corrected chi connectivity index (χ4v) is 1.95. The molecule has 0 amide bonds. The van der Waals surface area contributed by atoms with Gasteiger partial charge in [0.15, 0.2) is 0 Å². The normalized spacial score (nSPS) is 11.0. The van der Waals surface area contributed by atoms with E-state index in [-0.39, 0.29) is 5.97 Å². The van der Waals surface area contributed by atoms with Gasteiger partial charge in [-0.15, -0.1) is 0 Å². The van der Waals surface area contributed by atoms with Crippen LogP contribution in [0, 0.1) is 0 Å². The highest BCUT2D eigenvalue weighted by molar-refractivity contribution is 5.87. The molecule has 0 saturated heterocycles. The Bertz CT molecular complexity index is 630. The number of esters is 1. The number of rotatable bonds is 5. The molecule has 3 heteroatoms. The summed E-state index contributed by atoms with van der Waals surface area (Å²) in [5.41, 5.74) is 2.67. The molecule has 0 saturated carbocycles. The molecule has 21 heavy (non-hydrogen) atoms. The molecule has 2 rings (SSSR count). The molecule has 0 aliphatic carbocycles. The van der Waals surface area contributed by atoms with Crippen molar-refractivity contribution in [1.82, 2.24) is 0 Å². The third-order valence-electron chi connectivity index (χ3n) is 3.11. The van der Waals surface area contributed by atoms with Crippen molar-refractivity contribution in [3.05, 3.63) is 66.2 Å². The van der Waals surface area contributed by atoms with Crippen molar-refractivity contribution < 1.29 is 14.3 Å². The van der Waals surface area contributed by atoms with Crippen LogP contribution >= 0.6 is 0 Å². The summed E-state index contributed by atoms with van der Waals surface area (Å²) in [5.74, 6) is 0.451. The van der Waals surface area contributed by atoms with Crippen LogP contribution in [0.15, 0.2) is 66.2 Å². The van der Waals surface area contributed by atoms with Crippen molar-refractivity contribution in [3.63, 3.8) is 0 Å². The van der Waals surface area contributed by atoms with Crippen LogP contribution in [-0.2, 0) is 9.53 Å². The van der Waals surface area contributed by atoms with Crippen LogP contribution in [0.4, 0.5) is 0 Å². The summed E-state index contributed by atoms with van der Waals surface area (Å²) < 4.78 is 10.4. The SMILES string of the molecule is COC(=O)C(C)=CCOc1ccccc1-c1ccccc1. The summed E-state index contributed by atoms with van der Waals surface area (Å²) in [4.78, 5) is 11.3. The smallest absolute Gasteiger partial charge is 0.333 e. The van der Waals surface area contributed by atoms with Gasteiger partial charge in [-0.25, -0.2) is 4.79 Å². The van der Waals surface area contributed by atoms with Crippen LogP contribution in [0.1, 0.15) is 6.92 Å². The molecule has 0 heterocycles. The number of ether oxygens (including phenoxy) is 2. The molecule has 0 spiro atoms. The zero-order chi connectivity index (χ0) is 15.1. The van der Waals surface area contributed by atoms with Gasteiger partial charge in [0.2, 0.25) is 0 Å². The van der Waals surface area contributed by atoms with Gasteiger partial charge in [0.05, 0.1) is 7.11 Å². The second-order valence-corrected chi connectivity index (χ2v) is 4.55. The molecule has 0 fully saturated rings. The van der Waals surface area contributed by atoms with Crippen LogP contribution in [0.2, 0.25) is 0 Å². The fraction of sp³-hybridized carbons (Fsp3) is 0.167. The van der Waals surface area contributed by atoms with Crippen LogP contribution in [0.25, 0.3) is 11.1 Å². The van der Waals surface area contributed by atoms with E-state index in [1.54, 1.807) is 13.0 Å². The van der Waals surface area contributed by atoms with Crippen LogP contribution in [0.3, 0.4) is 0 Å². The lowest BCUT2D eigenvalue weighted by Gasteiger charge is -2.10. The average molecular weight is 282 g/mol. The third kappa shape index (κ3) is 3.96. The summed E-state index contributed by atoms with van der Waals surface area (Å²) in [7, 11) is 1.37. The maximum absolute atomic E-state index is 11.3. The maximum atomic E-state index is 11.3. The second-order valence-electron chi connectivity index (χ2n) is 4.55. The Balaban J connectivity index is 2.13. The predicted molar refractivity (Wildman–Crippen MR) is 83.1 cm³/mol. The van der Waals surface area contributed by atoms with E-state index in [1.165, 1.54) is 7.11 Å². The lowest BCUT2D eigenvalue weighted by atomic mass is 10.1. The molecule has 0 atom stereocenters. The first-order chi connectivity index (χ1) is 10.2. The number of para-hydroxylation sites is 1. The highest BCUT2D eigenvalue weighted by Gasteiger charge is 2.06. The van der Waals surface area contributed by atoms with E-state index in [0.29, 0.717) is 12.2 Å². The lowest BCUT2D eigenvalue weighted by Crippen LogP contribution is -2.04. The molecule has 0 unspecified atom stereocenters. The number of carbonyl (C=O) groups excluding carboxylic acids is 1. The summed E-state index contributed by atoms with van der Waals surface area (Å²) in [5, 5.41) is 0. The highest BCUT2D eigenvalue weighted by atomic mass is 16.5. The lowest BCUT2D eigenvalue weighted by molar-refractivity contribution is -0.136. The number of hydrogen-bond acceptors (Lipinski definition) is 3. The van der Waals surface area contributed by atoms with Crippen molar-refractivity contribution >= 4 is 5.97 Å². The fourth-order valence-electron chi connectivity index (χ4n) is 1.95. The number of benzene rings is 2. The van der Waals surface area contributed by atoms with Crippen molar-refractivity contribution in [3.8, 4) is 16.9 Å². The zero-order valence-electron chi connectivity index (χ0n) is 12.2. The number of carbonyl (C=O) groups is 1. The molecular weight excluding hydrogens is 264 g/mol. The molecule has 108 valence electrons. The quantitative estimate of drug-likeness (QED) is 0.617. The van der Waals surface area contributed by atoms with E-state index in [9.17, 15) is 4.79 Å². The Labute approximate surface area is 124 Å².